The van der Waals surface area contributed by atoms with E-state index in [0.29, 0.717) is 0 Å². The van der Waals surface area contributed by atoms with E-state index >= 15 is 0 Å². The van der Waals surface area contributed by atoms with Gasteiger partial charge >= 0.3 is 5.97 Å². The summed E-state index contributed by atoms with van der Waals surface area (Å²) in [5.74, 6) is -2.45. The number of nitrogens with one attached hydrogen (secondary N) is 1. The van der Waals surface area contributed by atoms with Gasteiger partial charge in [-0.1, -0.05) is 0 Å². The molecular formula is C13H16FNO5S. The smallest absolute Gasteiger partial charge is 0.325 e. The number of carbonyl (C=O) groups excluding carboxylic acids is 1. The van der Waals surface area contributed by atoms with Gasteiger partial charge in [-0.2, -0.15) is 0 Å². The maximum Gasteiger partial charge on any atom is 0.325 e. The van der Waals surface area contributed by atoms with E-state index in [0.717, 1.165) is 24.3 Å². The zero-order chi connectivity index (χ0) is 16.2. The van der Waals surface area contributed by atoms with Crippen LogP contribution in [0.3, 0.4) is 0 Å². The van der Waals surface area contributed by atoms with Gasteiger partial charge in [-0.25, -0.2) is 12.8 Å². The number of benzene rings is 1. The topological polar surface area (TPSA) is 101 Å². The van der Waals surface area contributed by atoms with Gasteiger partial charge in [0, 0.05) is 6.42 Å². The number of carboxylic acids is 1. The van der Waals surface area contributed by atoms with Gasteiger partial charge in [0.15, 0.2) is 9.84 Å². The second-order valence-electron chi connectivity index (χ2n) is 4.64. The van der Waals surface area contributed by atoms with E-state index in [-0.39, 0.29) is 11.3 Å². The highest BCUT2D eigenvalue weighted by Gasteiger charge is 2.26. The Bertz CT molecular complexity index is 626. The van der Waals surface area contributed by atoms with E-state index in [1.807, 2.05) is 0 Å². The minimum Gasteiger partial charge on any atom is -0.480 e. The molecule has 2 atom stereocenters. The first-order valence-electron chi connectivity index (χ1n) is 6.16. The van der Waals surface area contributed by atoms with Crippen LogP contribution in [-0.4, -0.2) is 36.7 Å². The molecule has 0 aromatic heterocycles. The monoisotopic (exact) mass is 317 g/mol. The average molecular weight is 317 g/mol. The first-order valence-corrected chi connectivity index (χ1v) is 7.71. The molecule has 2 N–H and O–H groups in total. The summed E-state index contributed by atoms with van der Waals surface area (Å²) in [6, 6.07) is 3.19. The third-order valence-electron chi connectivity index (χ3n) is 2.89. The van der Waals surface area contributed by atoms with E-state index in [2.05, 4.69) is 5.32 Å². The van der Waals surface area contributed by atoms with Crippen molar-refractivity contribution < 1.29 is 27.5 Å². The van der Waals surface area contributed by atoms with Crippen molar-refractivity contribution in [2.75, 3.05) is 0 Å². The molecule has 21 heavy (non-hydrogen) atoms. The summed E-state index contributed by atoms with van der Waals surface area (Å²) in [5, 5.41) is 9.79. The molecule has 0 radical (unpaired) electrons. The molecule has 0 aliphatic carbocycles. The molecule has 1 rings (SSSR count). The van der Waals surface area contributed by atoms with Crippen LogP contribution in [-0.2, 0) is 19.4 Å². The normalized spacial score (nSPS) is 14.2. The fourth-order valence-corrected chi connectivity index (χ4v) is 2.94. The maximum atomic E-state index is 12.8. The zero-order valence-electron chi connectivity index (χ0n) is 11.5. The summed E-state index contributed by atoms with van der Waals surface area (Å²) in [6.45, 7) is 2.61. The van der Waals surface area contributed by atoms with Gasteiger partial charge in [0.25, 0.3) is 0 Å². The summed E-state index contributed by atoms with van der Waals surface area (Å²) in [5.41, 5.74) is 0. The Labute approximate surface area is 121 Å². The number of hydrogen-bond acceptors (Lipinski definition) is 4. The van der Waals surface area contributed by atoms with Crippen LogP contribution >= 0.6 is 0 Å². The predicted octanol–water partition coefficient (Wildman–Crippen LogP) is 0.967. The Morgan fingerprint density at radius 2 is 1.76 bits per heavy atom. The summed E-state index contributed by atoms with van der Waals surface area (Å²) in [7, 11) is -3.78. The van der Waals surface area contributed by atoms with Crippen LogP contribution < -0.4 is 5.32 Å². The molecule has 0 aliphatic rings. The molecule has 1 unspecified atom stereocenters. The lowest BCUT2D eigenvalue weighted by molar-refractivity contribution is -0.141. The molecule has 1 amide bonds. The molecule has 0 saturated carbocycles. The highest BCUT2D eigenvalue weighted by atomic mass is 32.2. The first-order chi connectivity index (χ1) is 9.64. The van der Waals surface area contributed by atoms with E-state index < -0.39 is 38.8 Å². The molecule has 0 bridgehead atoms. The fraction of sp³-hybridized carbons (Fsp3) is 0.385. The maximum absolute atomic E-state index is 12.8. The van der Waals surface area contributed by atoms with Gasteiger partial charge in [0.1, 0.15) is 11.9 Å². The number of halogens is 1. The molecule has 0 spiro atoms. The first kappa shape index (κ1) is 17.1. The Kier molecular flexibility index (Phi) is 5.42. The number of carboxylic acid groups (broad SMARTS) is 1. The van der Waals surface area contributed by atoms with Crippen LogP contribution in [0, 0.1) is 5.82 Å². The van der Waals surface area contributed by atoms with E-state index in [1.165, 1.54) is 13.8 Å². The SMILES string of the molecule is CC(CC(=O)N[C@H](C)C(=O)O)S(=O)(=O)c1ccc(F)cc1. The lowest BCUT2D eigenvalue weighted by Crippen LogP contribution is -2.40. The second kappa shape index (κ2) is 6.66. The number of hydrogen-bond donors (Lipinski definition) is 2. The molecular weight excluding hydrogens is 301 g/mol. The number of carbonyl (C=O) groups is 2. The summed E-state index contributed by atoms with van der Waals surface area (Å²) >= 11 is 0. The highest BCUT2D eigenvalue weighted by molar-refractivity contribution is 7.92. The van der Waals surface area contributed by atoms with Gasteiger partial charge in [0.05, 0.1) is 10.1 Å². The van der Waals surface area contributed by atoms with Crippen molar-refractivity contribution in [3.8, 4) is 0 Å². The zero-order valence-corrected chi connectivity index (χ0v) is 12.4. The molecule has 116 valence electrons. The van der Waals surface area contributed by atoms with E-state index in [4.69, 9.17) is 5.11 Å². The van der Waals surface area contributed by atoms with Crippen LogP contribution in [0.5, 0.6) is 0 Å². The molecule has 1 aromatic rings. The molecule has 0 aliphatic heterocycles. The third kappa shape index (κ3) is 4.52. The molecule has 1 aromatic carbocycles. The van der Waals surface area contributed by atoms with Gasteiger partial charge in [-0.3, -0.25) is 9.59 Å². The van der Waals surface area contributed by atoms with Crippen molar-refractivity contribution in [2.45, 2.75) is 36.5 Å². The third-order valence-corrected chi connectivity index (χ3v) is 5.05. The number of amides is 1. The second-order valence-corrected chi connectivity index (χ2v) is 7.01. The lowest BCUT2D eigenvalue weighted by atomic mass is 10.3. The summed E-state index contributed by atoms with van der Waals surface area (Å²) in [4.78, 5) is 22.1. The molecule has 0 fully saturated rings. The largest absolute Gasteiger partial charge is 0.480 e. The molecule has 8 heteroatoms. The average Bonchev–Trinajstić information content (AvgIpc) is 2.38. The molecule has 0 heterocycles. The van der Waals surface area contributed by atoms with Crippen molar-refractivity contribution in [3.05, 3.63) is 30.1 Å². The Morgan fingerprint density at radius 3 is 2.24 bits per heavy atom. The van der Waals surface area contributed by atoms with Crippen LogP contribution in [0.2, 0.25) is 0 Å². The van der Waals surface area contributed by atoms with Gasteiger partial charge in [-0.05, 0) is 38.1 Å². The van der Waals surface area contributed by atoms with Crippen LogP contribution in [0.25, 0.3) is 0 Å². The van der Waals surface area contributed by atoms with Gasteiger partial charge in [-0.15, -0.1) is 0 Å². The van der Waals surface area contributed by atoms with Crippen molar-refractivity contribution in [2.24, 2.45) is 0 Å². The lowest BCUT2D eigenvalue weighted by Gasteiger charge is -2.14. The van der Waals surface area contributed by atoms with Gasteiger partial charge < -0.3 is 10.4 Å². The summed E-state index contributed by atoms with van der Waals surface area (Å²) in [6.07, 6.45) is -0.378. The van der Waals surface area contributed by atoms with Gasteiger partial charge in [0.2, 0.25) is 5.91 Å². The Morgan fingerprint density at radius 1 is 1.24 bits per heavy atom. The molecule has 0 saturated heterocycles. The Balaban J connectivity index is 2.78. The van der Waals surface area contributed by atoms with Crippen molar-refractivity contribution in [3.63, 3.8) is 0 Å². The van der Waals surface area contributed by atoms with Crippen LogP contribution in [0.1, 0.15) is 20.3 Å². The van der Waals surface area contributed by atoms with Crippen molar-refractivity contribution >= 4 is 21.7 Å². The number of rotatable bonds is 6. The minimum atomic E-state index is -3.78. The van der Waals surface area contributed by atoms with Crippen LogP contribution in [0.15, 0.2) is 29.2 Å². The van der Waals surface area contributed by atoms with Crippen LogP contribution in [0.4, 0.5) is 4.39 Å². The van der Waals surface area contributed by atoms with Crippen molar-refractivity contribution in [1.82, 2.24) is 5.32 Å². The standard InChI is InChI=1S/C13H16FNO5S/c1-8(7-12(16)15-9(2)13(17)18)21(19,20)11-5-3-10(14)4-6-11/h3-6,8-9H,7H2,1-2H3,(H,15,16)(H,17,18)/t8?,9-/m1/s1. The van der Waals surface area contributed by atoms with Crippen molar-refractivity contribution in [1.29, 1.82) is 0 Å². The minimum absolute atomic E-state index is 0.0875. The summed E-state index contributed by atoms with van der Waals surface area (Å²) < 4.78 is 37.2. The fourth-order valence-electron chi connectivity index (χ4n) is 1.59. The predicted molar refractivity (Wildman–Crippen MR) is 72.9 cm³/mol. The number of aliphatic carboxylic acids is 1. The number of sulfone groups is 1. The van der Waals surface area contributed by atoms with E-state index in [1.54, 1.807) is 0 Å². The Hall–Kier alpha value is -1.96. The van der Waals surface area contributed by atoms with E-state index in [9.17, 15) is 22.4 Å². The highest BCUT2D eigenvalue weighted by Crippen LogP contribution is 2.18. The molecule has 6 nitrogen and oxygen atoms in total. The quantitative estimate of drug-likeness (QED) is 0.761.